The predicted octanol–water partition coefficient (Wildman–Crippen LogP) is -0.0380. The third kappa shape index (κ3) is 3.30. The van der Waals surface area contributed by atoms with Crippen LogP contribution in [0.3, 0.4) is 0 Å². The maximum atomic E-state index is 12.0. The summed E-state index contributed by atoms with van der Waals surface area (Å²) in [5.41, 5.74) is 5.11. The fraction of sp³-hybridized carbons (Fsp3) is 0.857. The van der Waals surface area contributed by atoms with Gasteiger partial charge >= 0.3 is 0 Å². The van der Waals surface area contributed by atoms with E-state index in [0.717, 1.165) is 38.8 Å². The third-order valence-corrected chi connectivity index (χ3v) is 4.64. The second-order valence-electron chi connectivity index (χ2n) is 5.85. The standard InChI is InChI=1S/C14H25N3O3/c1-16(14(19)8-13(15)18)11-4-3-5-12(11)17-7-6-10(9-17)20-2/h10-12H,3-9H2,1-2H3,(H2,15,18)/t10?,11-,12+/m1/s1. The Bertz CT molecular complexity index is 375. The van der Waals surface area contributed by atoms with Crippen LogP contribution < -0.4 is 5.73 Å². The van der Waals surface area contributed by atoms with E-state index in [0.29, 0.717) is 12.1 Å². The molecule has 0 aromatic carbocycles. The molecule has 0 bridgehead atoms. The van der Waals surface area contributed by atoms with Crippen LogP contribution in [0.15, 0.2) is 0 Å². The molecule has 114 valence electrons. The number of amides is 2. The Hall–Kier alpha value is -1.14. The minimum atomic E-state index is -0.558. The number of rotatable bonds is 5. The Morgan fingerprint density at radius 2 is 2.10 bits per heavy atom. The Morgan fingerprint density at radius 1 is 1.35 bits per heavy atom. The van der Waals surface area contributed by atoms with Gasteiger partial charge in [0.1, 0.15) is 6.42 Å². The molecule has 2 amide bonds. The van der Waals surface area contributed by atoms with Gasteiger partial charge in [0.05, 0.1) is 6.10 Å². The van der Waals surface area contributed by atoms with E-state index < -0.39 is 5.91 Å². The van der Waals surface area contributed by atoms with Gasteiger partial charge in [-0.1, -0.05) is 0 Å². The van der Waals surface area contributed by atoms with Crippen molar-refractivity contribution >= 4 is 11.8 Å². The van der Waals surface area contributed by atoms with E-state index in [1.54, 1.807) is 19.1 Å². The fourth-order valence-electron chi connectivity index (χ4n) is 3.50. The van der Waals surface area contributed by atoms with Crippen molar-refractivity contribution in [3.8, 4) is 0 Å². The average Bonchev–Trinajstić information content (AvgIpc) is 3.05. The van der Waals surface area contributed by atoms with Gasteiger partial charge in [0.15, 0.2) is 0 Å². The Morgan fingerprint density at radius 3 is 2.70 bits per heavy atom. The van der Waals surface area contributed by atoms with Gasteiger partial charge in [-0.3, -0.25) is 14.5 Å². The van der Waals surface area contributed by atoms with Crippen LogP contribution in [0.5, 0.6) is 0 Å². The van der Waals surface area contributed by atoms with Gasteiger partial charge in [-0.25, -0.2) is 0 Å². The number of primary amides is 1. The van der Waals surface area contributed by atoms with Crippen molar-refractivity contribution in [2.75, 3.05) is 27.2 Å². The molecule has 1 unspecified atom stereocenters. The summed E-state index contributed by atoms with van der Waals surface area (Å²) in [5, 5.41) is 0. The van der Waals surface area contributed by atoms with Gasteiger partial charge in [0.2, 0.25) is 11.8 Å². The number of nitrogens with two attached hydrogens (primary N) is 1. The molecule has 2 aliphatic rings. The highest BCUT2D eigenvalue weighted by molar-refractivity contribution is 5.96. The van der Waals surface area contributed by atoms with E-state index in [4.69, 9.17) is 10.5 Å². The van der Waals surface area contributed by atoms with Crippen LogP contribution >= 0.6 is 0 Å². The van der Waals surface area contributed by atoms with Crippen LogP contribution in [0.2, 0.25) is 0 Å². The molecule has 2 N–H and O–H groups in total. The number of nitrogens with zero attached hydrogens (tertiary/aromatic N) is 2. The molecule has 0 aromatic rings. The molecule has 1 aliphatic carbocycles. The molecule has 1 saturated carbocycles. The van der Waals surface area contributed by atoms with E-state index in [9.17, 15) is 9.59 Å². The SMILES string of the molecule is COC1CCN([C@H]2CCC[C@H]2N(C)C(=O)CC(N)=O)C1. The van der Waals surface area contributed by atoms with Crippen molar-refractivity contribution in [3.63, 3.8) is 0 Å². The zero-order chi connectivity index (χ0) is 14.7. The van der Waals surface area contributed by atoms with E-state index in [1.165, 1.54) is 0 Å². The number of hydrogen-bond acceptors (Lipinski definition) is 4. The molecule has 2 rings (SSSR count). The summed E-state index contributed by atoms with van der Waals surface area (Å²) in [6.07, 6.45) is 4.40. The lowest BCUT2D eigenvalue weighted by atomic mass is 10.1. The van der Waals surface area contributed by atoms with Crippen LogP contribution in [0, 0.1) is 0 Å². The van der Waals surface area contributed by atoms with Crippen molar-refractivity contribution < 1.29 is 14.3 Å². The molecule has 20 heavy (non-hydrogen) atoms. The molecule has 6 nitrogen and oxygen atoms in total. The molecule has 2 fully saturated rings. The number of methoxy groups -OCH3 is 1. The van der Waals surface area contributed by atoms with E-state index >= 15 is 0 Å². The second kappa shape index (κ2) is 6.54. The number of hydrogen-bond donors (Lipinski definition) is 1. The van der Waals surface area contributed by atoms with Crippen molar-refractivity contribution in [1.82, 2.24) is 9.80 Å². The molecule has 1 saturated heterocycles. The molecule has 3 atom stereocenters. The first kappa shape index (κ1) is 15.3. The van der Waals surface area contributed by atoms with Gasteiger partial charge in [-0.05, 0) is 25.7 Å². The van der Waals surface area contributed by atoms with E-state index in [1.807, 2.05) is 0 Å². The minimum Gasteiger partial charge on any atom is -0.380 e. The maximum Gasteiger partial charge on any atom is 0.232 e. The van der Waals surface area contributed by atoms with E-state index in [2.05, 4.69) is 4.90 Å². The predicted molar refractivity (Wildman–Crippen MR) is 75.0 cm³/mol. The zero-order valence-electron chi connectivity index (χ0n) is 12.4. The van der Waals surface area contributed by atoms with Crippen molar-refractivity contribution in [2.24, 2.45) is 5.73 Å². The summed E-state index contributed by atoms with van der Waals surface area (Å²) < 4.78 is 5.41. The highest BCUT2D eigenvalue weighted by atomic mass is 16.5. The first-order valence-corrected chi connectivity index (χ1v) is 7.33. The molecule has 1 heterocycles. The summed E-state index contributed by atoms with van der Waals surface area (Å²) in [5.74, 6) is -0.728. The molecule has 0 radical (unpaired) electrons. The Labute approximate surface area is 120 Å². The lowest BCUT2D eigenvalue weighted by Gasteiger charge is -2.35. The van der Waals surface area contributed by atoms with Gasteiger partial charge in [0.25, 0.3) is 0 Å². The lowest BCUT2D eigenvalue weighted by Crippen LogP contribution is -2.49. The minimum absolute atomic E-state index is 0.170. The molecular formula is C14H25N3O3. The number of likely N-dealkylation sites (tertiary alicyclic amines) is 1. The van der Waals surface area contributed by atoms with Crippen molar-refractivity contribution in [2.45, 2.75) is 50.3 Å². The lowest BCUT2D eigenvalue weighted by molar-refractivity contribution is -0.136. The molecule has 0 spiro atoms. The normalized spacial score (nSPS) is 30.6. The monoisotopic (exact) mass is 283 g/mol. The average molecular weight is 283 g/mol. The Balaban J connectivity index is 1.96. The summed E-state index contributed by atoms with van der Waals surface area (Å²) in [4.78, 5) is 27.1. The zero-order valence-corrected chi connectivity index (χ0v) is 12.4. The first-order chi connectivity index (χ1) is 9.52. The second-order valence-corrected chi connectivity index (χ2v) is 5.85. The molecule has 1 aliphatic heterocycles. The molecule has 6 heteroatoms. The quantitative estimate of drug-likeness (QED) is 0.719. The topological polar surface area (TPSA) is 75.9 Å². The highest BCUT2D eigenvalue weighted by Crippen LogP contribution is 2.30. The van der Waals surface area contributed by atoms with Crippen LogP contribution in [0.25, 0.3) is 0 Å². The van der Waals surface area contributed by atoms with Crippen LogP contribution in [-0.4, -0.2) is 67.0 Å². The largest absolute Gasteiger partial charge is 0.380 e. The van der Waals surface area contributed by atoms with Crippen LogP contribution in [0.1, 0.15) is 32.1 Å². The van der Waals surface area contributed by atoms with Gasteiger partial charge in [-0.15, -0.1) is 0 Å². The van der Waals surface area contributed by atoms with Crippen LogP contribution in [0.4, 0.5) is 0 Å². The van der Waals surface area contributed by atoms with Crippen molar-refractivity contribution in [3.05, 3.63) is 0 Å². The smallest absolute Gasteiger partial charge is 0.232 e. The van der Waals surface area contributed by atoms with Gasteiger partial charge in [-0.2, -0.15) is 0 Å². The summed E-state index contributed by atoms with van der Waals surface area (Å²) in [6, 6.07) is 0.578. The number of carbonyl (C=O) groups is 2. The Kier molecular flexibility index (Phi) is 4.99. The van der Waals surface area contributed by atoms with Gasteiger partial charge < -0.3 is 15.4 Å². The number of carbonyl (C=O) groups excluding carboxylic acids is 2. The van der Waals surface area contributed by atoms with E-state index in [-0.39, 0.29) is 18.4 Å². The molecule has 0 aromatic heterocycles. The fourth-order valence-corrected chi connectivity index (χ4v) is 3.50. The first-order valence-electron chi connectivity index (χ1n) is 7.33. The maximum absolute atomic E-state index is 12.0. The summed E-state index contributed by atoms with van der Waals surface area (Å²) in [6.45, 7) is 1.97. The number of likely N-dealkylation sites (N-methyl/N-ethyl adjacent to an activating group) is 1. The number of ether oxygens (including phenoxy) is 1. The molecular weight excluding hydrogens is 258 g/mol. The van der Waals surface area contributed by atoms with Crippen molar-refractivity contribution in [1.29, 1.82) is 0 Å². The van der Waals surface area contributed by atoms with Gasteiger partial charge in [0, 0.05) is 39.3 Å². The van der Waals surface area contributed by atoms with Crippen LogP contribution in [-0.2, 0) is 14.3 Å². The highest BCUT2D eigenvalue weighted by Gasteiger charge is 2.39. The summed E-state index contributed by atoms with van der Waals surface area (Å²) in [7, 11) is 3.54. The third-order valence-electron chi connectivity index (χ3n) is 4.64. The summed E-state index contributed by atoms with van der Waals surface area (Å²) >= 11 is 0.